The van der Waals surface area contributed by atoms with Crippen molar-refractivity contribution in [1.29, 1.82) is 0 Å². The predicted molar refractivity (Wildman–Crippen MR) is 58.9 cm³/mol. The average Bonchev–Trinajstić information content (AvgIpc) is 2.35. The van der Waals surface area contributed by atoms with E-state index in [0.717, 1.165) is 0 Å². The number of carboxylic acids is 1. The molecule has 0 aromatic heterocycles. The number of hydrogen-bond donors (Lipinski definition) is 6. The minimum Gasteiger partial charge on any atom is -0.480 e. The highest BCUT2D eigenvalue weighted by Crippen LogP contribution is 2.34. The fourth-order valence-electron chi connectivity index (χ4n) is 1.95. The Morgan fingerprint density at radius 1 is 1.25 bits per heavy atom. The van der Waals surface area contributed by atoms with Crippen LogP contribution in [0.15, 0.2) is 0 Å². The summed E-state index contributed by atoms with van der Waals surface area (Å²) < 4.78 is 32.4. The molecule has 1 fully saturated rings. The van der Waals surface area contributed by atoms with Gasteiger partial charge in [0.1, 0.15) is 36.6 Å². The highest BCUT2D eigenvalue weighted by Gasteiger charge is 2.55. The Hall–Kier alpha value is -0.910. The van der Waals surface area contributed by atoms with Crippen molar-refractivity contribution in [2.24, 2.45) is 5.73 Å². The van der Waals surface area contributed by atoms with Crippen LogP contribution in [0.4, 0.5) is 8.78 Å². The van der Waals surface area contributed by atoms with Crippen molar-refractivity contribution < 1.29 is 43.8 Å². The van der Waals surface area contributed by atoms with E-state index in [1.165, 1.54) is 0 Å². The molecule has 0 saturated carbocycles. The van der Waals surface area contributed by atoms with Gasteiger partial charge in [-0.25, -0.2) is 8.78 Å². The summed E-state index contributed by atoms with van der Waals surface area (Å²) in [5.41, 5.74) is 5.01. The van der Waals surface area contributed by atoms with Gasteiger partial charge in [0.15, 0.2) is 0 Å². The number of alkyl halides is 2. The molecule has 1 rings (SSSR count). The van der Waals surface area contributed by atoms with Gasteiger partial charge in [0.2, 0.25) is 0 Å². The Morgan fingerprint density at radius 3 is 2.25 bits per heavy atom. The zero-order valence-corrected chi connectivity index (χ0v) is 10.3. The second-order valence-corrected chi connectivity index (χ2v) is 4.66. The first-order valence-electron chi connectivity index (χ1n) is 5.78. The van der Waals surface area contributed by atoms with Crippen molar-refractivity contribution in [3.8, 4) is 0 Å². The summed E-state index contributed by atoms with van der Waals surface area (Å²) >= 11 is 0. The van der Waals surface area contributed by atoms with Crippen molar-refractivity contribution in [3.05, 3.63) is 0 Å². The summed E-state index contributed by atoms with van der Waals surface area (Å²) in [5.74, 6) is -5.53. The minimum atomic E-state index is -3.87. The van der Waals surface area contributed by atoms with Gasteiger partial charge >= 0.3 is 5.97 Å². The molecule has 10 heteroatoms. The first kappa shape index (κ1) is 17.1. The molecule has 1 saturated heterocycles. The molecule has 7 N–H and O–H groups in total. The number of hydrogen-bond acceptors (Lipinski definition) is 7. The largest absolute Gasteiger partial charge is 0.480 e. The Morgan fingerprint density at radius 2 is 1.80 bits per heavy atom. The minimum absolute atomic E-state index is 0.859. The lowest BCUT2D eigenvalue weighted by molar-refractivity contribution is -0.282. The maximum Gasteiger partial charge on any atom is 0.320 e. The summed E-state index contributed by atoms with van der Waals surface area (Å²) in [7, 11) is 0. The first-order chi connectivity index (χ1) is 9.11. The molecular formula is C10H17F2NO7. The van der Waals surface area contributed by atoms with E-state index in [0.29, 0.717) is 0 Å². The number of rotatable bonds is 5. The van der Waals surface area contributed by atoms with Gasteiger partial charge in [0.05, 0.1) is 6.61 Å². The number of aliphatic hydroxyl groups is 4. The summed E-state index contributed by atoms with van der Waals surface area (Å²) in [6, 6.07) is -1.89. The molecule has 118 valence electrons. The molecule has 1 aliphatic heterocycles. The van der Waals surface area contributed by atoms with Crippen LogP contribution >= 0.6 is 0 Å². The fraction of sp³-hybridized carbons (Fsp3) is 0.900. The third kappa shape index (κ3) is 3.40. The van der Waals surface area contributed by atoms with Gasteiger partial charge < -0.3 is 36.0 Å². The molecule has 0 aromatic carbocycles. The number of ether oxygens (including phenoxy) is 1. The van der Waals surface area contributed by atoms with E-state index in [1.54, 1.807) is 0 Å². The third-order valence-electron chi connectivity index (χ3n) is 3.12. The quantitative estimate of drug-likeness (QED) is 0.320. The number of aliphatic carboxylic acids is 1. The molecule has 0 aliphatic carbocycles. The number of nitrogens with two attached hydrogens (primary N) is 1. The summed E-state index contributed by atoms with van der Waals surface area (Å²) in [4.78, 5) is 10.5. The van der Waals surface area contributed by atoms with Crippen molar-refractivity contribution in [2.75, 3.05) is 6.61 Å². The number of aliphatic hydroxyl groups excluding tert-OH is 4. The number of carboxylic acid groups (broad SMARTS) is 1. The van der Waals surface area contributed by atoms with Crippen LogP contribution in [0.1, 0.15) is 6.42 Å². The molecular weight excluding hydrogens is 284 g/mol. The van der Waals surface area contributed by atoms with E-state index < -0.39 is 61.5 Å². The van der Waals surface area contributed by atoms with Crippen LogP contribution in [-0.2, 0) is 9.53 Å². The second kappa shape index (κ2) is 6.24. The van der Waals surface area contributed by atoms with E-state index in [-0.39, 0.29) is 0 Å². The number of carbonyl (C=O) groups is 1. The average molecular weight is 301 g/mol. The van der Waals surface area contributed by atoms with E-state index in [4.69, 9.17) is 15.9 Å². The molecule has 8 nitrogen and oxygen atoms in total. The molecule has 0 aromatic rings. The standard InChI is InChI=1S/C10H17F2NO7/c11-10(12,1-3(13)9(18)19)8-7(17)6(16)5(15)4(2-14)20-8/h3-8,14-17H,1-2,13H2,(H,18,19). The molecule has 20 heavy (non-hydrogen) atoms. The van der Waals surface area contributed by atoms with E-state index in [2.05, 4.69) is 4.74 Å². The van der Waals surface area contributed by atoms with Crippen molar-refractivity contribution in [2.45, 2.75) is 48.9 Å². The maximum absolute atomic E-state index is 13.9. The number of halogens is 2. The van der Waals surface area contributed by atoms with Gasteiger partial charge in [0.25, 0.3) is 5.92 Å². The summed E-state index contributed by atoms with van der Waals surface area (Å²) in [5, 5.41) is 45.8. The Kier molecular flexibility index (Phi) is 5.35. The predicted octanol–water partition coefficient (Wildman–Crippen LogP) is -2.73. The summed E-state index contributed by atoms with van der Waals surface area (Å²) in [6.45, 7) is -0.859. The lowest BCUT2D eigenvalue weighted by Crippen LogP contribution is -2.63. The lowest BCUT2D eigenvalue weighted by Gasteiger charge is -2.43. The molecule has 6 unspecified atom stereocenters. The van der Waals surface area contributed by atoms with Gasteiger partial charge in [-0.1, -0.05) is 0 Å². The Bertz CT molecular complexity index is 354. The van der Waals surface area contributed by atoms with Crippen LogP contribution < -0.4 is 5.73 Å². The Balaban J connectivity index is 2.89. The smallest absolute Gasteiger partial charge is 0.320 e. The van der Waals surface area contributed by atoms with Crippen molar-refractivity contribution in [3.63, 3.8) is 0 Å². The van der Waals surface area contributed by atoms with Crippen molar-refractivity contribution in [1.82, 2.24) is 0 Å². The topological polar surface area (TPSA) is 153 Å². The van der Waals surface area contributed by atoms with Crippen LogP contribution in [0.2, 0.25) is 0 Å². The van der Waals surface area contributed by atoms with Crippen LogP contribution in [-0.4, -0.2) is 80.6 Å². The highest BCUT2D eigenvalue weighted by atomic mass is 19.3. The van der Waals surface area contributed by atoms with Gasteiger partial charge in [-0.05, 0) is 0 Å². The zero-order chi connectivity index (χ0) is 15.7. The fourth-order valence-corrected chi connectivity index (χ4v) is 1.95. The van der Waals surface area contributed by atoms with E-state index in [1.807, 2.05) is 0 Å². The lowest BCUT2D eigenvalue weighted by atomic mass is 9.89. The monoisotopic (exact) mass is 301 g/mol. The van der Waals surface area contributed by atoms with Crippen LogP contribution in [0, 0.1) is 0 Å². The first-order valence-corrected chi connectivity index (χ1v) is 5.78. The van der Waals surface area contributed by atoms with E-state index in [9.17, 15) is 28.9 Å². The molecule has 0 bridgehead atoms. The molecule has 0 radical (unpaired) electrons. The van der Waals surface area contributed by atoms with Gasteiger partial charge in [-0.2, -0.15) is 0 Å². The Labute approximate surface area is 112 Å². The second-order valence-electron chi connectivity index (χ2n) is 4.66. The van der Waals surface area contributed by atoms with Crippen LogP contribution in [0.5, 0.6) is 0 Å². The molecule has 6 atom stereocenters. The molecule has 1 heterocycles. The van der Waals surface area contributed by atoms with Crippen LogP contribution in [0.3, 0.4) is 0 Å². The van der Waals surface area contributed by atoms with Crippen molar-refractivity contribution >= 4 is 5.97 Å². The van der Waals surface area contributed by atoms with Gasteiger partial charge in [0, 0.05) is 6.42 Å². The highest BCUT2D eigenvalue weighted by molar-refractivity contribution is 5.73. The SMILES string of the molecule is NC(CC(F)(F)C1OC(CO)C(O)C(O)C1O)C(=O)O. The normalized spacial score (nSPS) is 36.6. The molecule has 0 spiro atoms. The zero-order valence-electron chi connectivity index (χ0n) is 10.3. The third-order valence-corrected chi connectivity index (χ3v) is 3.12. The maximum atomic E-state index is 13.9. The van der Waals surface area contributed by atoms with Gasteiger partial charge in [-0.15, -0.1) is 0 Å². The summed E-state index contributed by atoms with van der Waals surface area (Å²) in [6.07, 6.45) is -11.0. The van der Waals surface area contributed by atoms with E-state index >= 15 is 0 Å². The molecule has 1 aliphatic rings. The van der Waals surface area contributed by atoms with Gasteiger partial charge in [-0.3, -0.25) is 4.79 Å². The molecule has 0 amide bonds. The van der Waals surface area contributed by atoms with Crippen LogP contribution in [0.25, 0.3) is 0 Å².